The minimum Gasteiger partial charge on any atom is -0.366 e. The molecule has 0 radical (unpaired) electrons. The Hall–Kier alpha value is -1.92. The molecule has 2 atom stereocenters. The van der Waals surface area contributed by atoms with Crippen LogP contribution in [0.25, 0.3) is 0 Å². The number of hydrogen-bond donors (Lipinski definition) is 2. The van der Waals surface area contributed by atoms with E-state index >= 15 is 0 Å². The molecule has 0 bridgehead atoms. The van der Waals surface area contributed by atoms with Gasteiger partial charge in [-0.15, -0.1) is 0 Å². The van der Waals surface area contributed by atoms with Crippen LogP contribution in [0.5, 0.6) is 0 Å². The fourth-order valence-corrected chi connectivity index (χ4v) is 3.01. The van der Waals surface area contributed by atoms with Gasteiger partial charge in [-0.1, -0.05) is 12.1 Å². The van der Waals surface area contributed by atoms with E-state index in [1.165, 1.54) is 0 Å². The maximum Gasteiger partial charge on any atom is 0.250 e. The Labute approximate surface area is 136 Å². The summed E-state index contributed by atoms with van der Waals surface area (Å²) in [5, 5.41) is 6.14. The van der Waals surface area contributed by atoms with Crippen LogP contribution in [-0.4, -0.2) is 44.2 Å². The van der Waals surface area contributed by atoms with Crippen LogP contribution in [0.2, 0.25) is 0 Å². The molecule has 1 aromatic carbocycles. The summed E-state index contributed by atoms with van der Waals surface area (Å²) in [5.41, 5.74) is 1.89. The zero-order chi connectivity index (χ0) is 16.2. The van der Waals surface area contributed by atoms with E-state index in [9.17, 15) is 9.59 Å². The van der Waals surface area contributed by atoms with E-state index in [-0.39, 0.29) is 17.9 Å². The topological polar surface area (TPSA) is 70.7 Å². The number of nitrogens with zero attached hydrogens (tertiary/aromatic N) is 1. The summed E-state index contributed by atoms with van der Waals surface area (Å²) in [6, 6.07) is 7.68. The summed E-state index contributed by atoms with van der Waals surface area (Å²) in [5.74, 6) is 0.0628. The zero-order valence-electron chi connectivity index (χ0n) is 13.4. The number of carbonyl (C=O) groups excluding carboxylic acids is 2. The van der Waals surface area contributed by atoms with Crippen molar-refractivity contribution >= 4 is 17.5 Å². The quantitative estimate of drug-likeness (QED) is 0.868. The maximum absolute atomic E-state index is 12.2. The van der Waals surface area contributed by atoms with Crippen molar-refractivity contribution in [3.63, 3.8) is 0 Å². The molecule has 6 heteroatoms. The first-order chi connectivity index (χ1) is 11.1. The van der Waals surface area contributed by atoms with Crippen molar-refractivity contribution in [2.24, 2.45) is 0 Å². The molecule has 2 fully saturated rings. The molecule has 2 saturated heterocycles. The second-order valence-electron chi connectivity index (χ2n) is 6.04. The van der Waals surface area contributed by atoms with E-state index < -0.39 is 6.10 Å². The Bertz CT molecular complexity index is 584. The summed E-state index contributed by atoms with van der Waals surface area (Å²) in [4.78, 5) is 25.9. The van der Waals surface area contributed by atoms with Crippen LogP contribution >= 0.6 is 0 Å². The highest BCUT2D eigenvalue weighted by atomic mass is 16.5. The summed E-state index contributed by atoms with van der Waals surface area (Å²) in [7, 11) is 0. The van der Waals surface area contributed by atoms with Crippen LogP contribution in [0, 0.1) is 0 Å². The standard InChI is InChI=1S/C17H23N3O3/c1-12(19-17(22)15-11-18-7-9-23-15)13-4-2-5-14(10-13)20-8-3-6-16(20)21/h2,4-5,10,12,15,18H,3,6-9,11H2,1H3,(H,19,22). The summed E-state index contributed by atoms with van der Waals surface area (Å²) < 4.78 is 5.47. The number of morpholine rings is 1. The minimum atomic E-state index is -0.436. The number of nitrogens with one attached hydrogen (secondary N) is 2. The lowest BCUT2D eigenvalue weighted by atomic mass is 10.1. The highest BCUT2D eigenvalue weighted by Gasteiger charge is 2.24. The second kappa shape index (κ2) is 7.10. The first-order valence-corrected chi connectivity index (χ1v) is 8.18. The second-order valence-corrected chi connectivity index (χ2v) is 6.04. The molecule has 1 aromatic rings. The fourth-order valence-electron chi connectivity index (χ4n) is 3.01. The van der Waals surface area contributed by atoms with E-state index in [4.69, 9.17) is 4.74 Å². The van der Waals surface area contributed by atoms with Crippen molar-refractivity contribution in [1.82, 2.24) is 10.6 Å². The third kappa shape index (κ3) is 3.71. The smallest absolute Gasteiger partial charge is 0.250 e. The number of ether oxygens (including phenoxy) is 1. The van der Waals surface area contributed by atoms with Gasteiger partial charge in [0.2, 0.25) is 5.91 Å². The van der Waals surface area contributed by atoms with Crippen molar-refractivity contribution in [2.45, 2.75) is 31.9 Å². The number of carbonyl (C=O) groups is 2. The molecule has 6 nitrogen and oxygen atoms in total. The number of benzene rings is 1. The van der Waals surface area contributed by atoms with E-state index in [2.05, 4.69) is 10.6 Å². The monoisotopic (exact) mass is 317 g/mol. The lowest BCUT2D eigenvalue weighted by Gasteiger charge is -2.25. The van der Waals surface area contributed by atoms with E-state index in [1.54, 1.807) is 0 Å². The van der Waals surface area contributed by atoms with Crippen molar-refractivity contribution < 1.29 is 14.3 Å². The van der Waals surface area contributed by atoms with E-state index in [0.29, 0.717) is 19.6 Å². The van der Waals surface area contributed by atoms with Crippen molar-refractivity contribution in [3.05, 3.63) is 29.8 Å². The molecule has 0 spiro atoms. The van der Waals surface area contributed by atoms with Crippen molar-refractivity contribution in [3.8, 4) is 0 Å². The normalized spacial score (nSPS) is 22.9. The predicted molar refractivity (Wildman–Crippen MR) is 87.2 cm³/mol. The minimum absolute atomic E-state index is 0.104. The van der Waals surface area contributed by atoms with E-state index in [1.807, 2.05) is 36.1 Å². The largest absolute Gasteiger partial charge is 0.366 e. The highest BCUT2D eigenvalue weighted by Crippen LogP contribution is 2.24. The van der Waals surface area contributed by atoms with Crippen LogP contribution < -0.4 is 15.5 Å². The Balaban J connectivity index is 1.66. The third-order valence-corrected chi connectivity index (χ3v) is 4.33. The summed E-state index contributed by atoms with van der Waals surface area (Å²) >= 11 is 0. The molecule has 0 aliphatic carbocycles. The van der Waals surface area contributed by atoms with Gasteiger partial charge in [-0.2, -0.15) is 0 Å². The van der Waals surface area contributed by atoms with Gasteiger partial charge in [0.05, 0.1) is 12.6 Å². The van der Waals surface area contributed by atoms with Gasteiger partial charge in [-0.25, -0.2) is 0 Å². The van der Waals surface area contributed by atoms with Crippen LogP contribution in [0.3, 0.4) is 0 Å². The molecule has 2 amide bonds. The zero-order valence-corrected chi connectivity index (χ0v) is 13.4. The Morgan fingerprint density at radius 1 is 1.48 bits per heavy atom. The first-order valence-electron chi connectivity index (χ1n) is 8.18. The van der Waals surface area contributed by atoms with Crippen molar-refractivity contribution in [2.75, 3.05) is 31.1 Å². The molecular weight excluding hydrogens is 294 g/mol. The van der Waals surface area contributed by atoms with Gasteiger partial charge >= 0.3 is 0 Å². The molecule has 2 aliphatic heterocycles. The van der Waals surface area contributed by atoms with Crippen molar-refractivity contribution in [1.29, 1.82) is 0 Å². The number of rotatable bonds is 4. The lowest BCUT2D eigenvalue weighted by molar-refractivity contribution is -0.134. The molecular formula is C17H23N3O3. The SMILES string of the molecule is CC(NC(=O)C1CNCCO1)c1cccc(N2CCCC2=O)c1. The number of anilines is 1. The molecule has 23 heavy (non-hydrogen) atoms. The van der Waals surface area contributed by atoms with Crippen LogP contribution in [-0.2, 0) is 14.3 Å². The Kier molecular flexibility index (Phi) is 4.93. The van der Waals surface area contributed by atoms with Gasteiger partial charge in [0.1, 0.15) is 6.10 Å². The maximum atomic E-state index is 12.2. The predicted octanol–water partition coefficient (Wildman–Crippen LogP) is 0.979. The molecule has 2 aliphatic rings. The lowest BCUT2D eigenvalue weighted by Crippen LogP contribution is -2.48. The fraction of sp³-hybridized carbons (Fsp3) is 0.529. The Morgan fingerprint density at radius 3 is 3.04 bits per heavy atom. The molecule has 124 valence electrons. The summed E-state index contributed by atoms with van der Waals surface area (Å²) in [6.45, 7) is 4.59. The summed E-state index contributed by atoms with van der Waals surface area (Å²) in [6.07, 6.45) is 1.08. The Morgan fingerprint density at radius 2 is 2.35 bits per heavy atom. The third-order valence-electron chi connectivity index (χ3n) is 4.33. The van der Waals surface area contributed by atoms with Gasteiger partial charge in [-0.3, -0.25) is 9.59 Å². The van der Waals surface area contributed by atoms with Gasteiger partial charge < -0.3 is 20.3 Å². The molecule has 0 saturated carbocycles. The molecule has 0 aromatic heterocycles. The average Bonchev–Trinajstić information content (AvgIpc) is 3.02. The average molecular weight is 317 g/mol. The van der Waals surface area contributed by atoms with Gasteiger partial charge in [-0.05, 0) is 31.0 Å². The molecule has 2 N–H and O–H groups in total. The van der Waals surface area contributed by atoms with Gasteiger partial charge in [0, 0.05) is 31.7 Å². The van der Waals surface area contributed by atoms with Gasteiger partial charge in [0.25, 0.3) is 5.91 Å². The van der Waals surface area contributed by atoms with Crippen LogP contribution in [0.15, 0.2) is 24.3 Å². The number of hydrogen-bond acceptors (Lipinski definition) is 4. The number of amides is 2. The highest BCUT2D eigenvalue weighted by molar-refractivity contribution is 5.95. The van der Waals surface area contributed by atoms with Crippen LogP contribution in [0.1, 0.15) is 31.4 Å². The molecule has 3 rings (SSSR count). The molecule has 2 heterocycles. The van der Waals surface area contributed by atoms with Gasteiger partial charge in [0.15, 0.2) is 0 Å². The van der Waals surface area contributed by atoms with E-state index in [0.717, 1.165) is 30.8 Å². The first kappa shape index (κ1) is 16.0. The molecule has 2 unspecified atom stereocenters. The van der Waals surface area contributed by atoms with Crippen LogP contribution in [0.4, 0.5) is 5.69 Å².